The molecule has 0 aliphatic carbocycles. The molecule has 112 valence electrons. The van der Waals surface area contributed by atoms with E-state index in [2.05, 4.69) is 30.1 Å². The van der Waals surface area contributed by atoms with E-state index in [1.165, 1.54) is 12.8 Å². The molecule has 21 heavy (non-hydrogen) atoms. The normalized spacial score (nSPS) is 22.5. The Bertz CT molecular complexity index is 518. The second-order valence-corrected chi connectivity index (χ2v) is 6.05. The molecule has 1 amide bonds. The van der Waals surface area contributed by atoms with E-state index in [0.29, 0.717) is 30.6 Å². The molecule has 1 fully saturated rings. The first-order valence-corrected chi connectivity index (χ1v) is 7.58. The molecule has 1 aromatic rings. The fourth-order valence-corrected chi connectivity index (χ4v) is 2.74. The number of nitrogens with zero attached hydrogens (tertiary/aromatic N) is 2. The molecule has 0 bridgehead atoms. The summed E-state index contributed by atoms with van der Waals surface area (Å²) in [6.07, 6.45) is 2.43. The Morgan fingerprint density at radius 1 is 1.33 bits per heavy atom. The van der Waals surface area contributed by atoms with Crippen LogP contribution in [0.1, 0.15) is 37.8 Å². The zero-order chi connectivity index (χ0) is 15.2. The van der Waals surface area contributed by atoms with Gasteiger partial charge in [-0.15, -0.1) is 0 Å². The van der Waals surface area contributed by atoms with E-state index in [4.69, 9.17) is 5.26 Å². The van der Waals surface area contributed by atoms with Crippen LogP contribution < -0.4 is 5.32 Å². The molecule has 0 radical (unpaired) electrons. The van der Waals surface area contributed by atoms with E-state index in [9.17, 15) is 4.79 Å². The Morgan fingerprint density at radius 3 is 2.71 bits per heavy atom. The number of carbonyl (C=O) groups excluding carboxylic acids is 1. The Labute approximate surface area is 126 Å². The van der Waals surface area contributed by atoms with Crippen LogP contribution >= 0.6 is 0 Å². The molecule has 1 heterocycles. The SMILES string of the molecule is CC1CCC(C)N(CC(=O)NCc2ccc(C#N)cc2)C1. The molecule has 1 aromatic carbocycles. The molecular weight excluding hydrogens is 262 g/mol. The van der Waals surface area contributed by atoms with Crippen LogP contribution in [0.2, 0.25) is 0 Å². The van der Waals surface area contributed by atoms with Crippen LogP contribution in [0.4, 0.5) is 0 Å². The van der Waals surface area contributed by atoms with Crippen LogP contribution in [0.3, 0.4) is 0 Å². The molecule has 4 heteroatoms. The van der Waals surface area contributed by atoms with Gasteiger partial charge in [0.25, 0.3) is 0 Å². The van der Waals surface area contributed by atoms with Crippen molar-refractivity contribution in [3.05, 3.63) is 35.4 Å². The van der Waals surface area contributed by atoms with Gasteiger partial charge in [0.15, 0.2) is 0 Å². The lowest BCUT2D eigenvalue weighted by atomic mass is 9.95. The largest absolute Gasteiger partial charge is 0.351 e. The summed E-state index contributed by atoms with van der Waals surface area (Å²) in [5.41, 5.74) is 1.66. The van der Waals surface area contributed by atoms with E-state index >= 15 is 0 Å². The Balaban J connectivity index is 1.80. The molecule has 0 spiro atoms. The highest BCUT2D eigenvalue weighted by Gasteiger charge is 2.24. The van der Waals surface area contributed by atoms with Gasteiger partial charge in [-0.3, -0.25) is 9.69 Å². The molecule has 2 rings (SSSR count). The molecule has 1 aliphatic heterocycles. The molecule has 2 atom stereocenters. The zero-order valence-corrected chi connectivity index (χ0v) is 12.8. The lowest BCUT2D eigenvalue weighted by Gasteiger charge is -2.36. The maximum absolute atomic E-state index is 12.1. The second kappa shape index (κ2) is 7.24. The van der Waals surface area contributed by atoms with Crippen molar-refractivity contribution in [1.29, 1.82) is 5.26 Å². The summed E-state index contributed by atoms with van der Waals surface area (Å²) >= 11 is 0. The quantitative estimate of drug-likeness (QED) is 0.923. The number of likely N-dealkylation sites (tertiary alicyclic amines) is 1. The second-order valence-electron chi connectivity index (χ2n) is 6.05. The average Bonchev–Trinajstić information content (AvgIpc) is 2.49. The Hall–Kier alpha value is -1.86. The minimum absolute atomic E-state index is 0.0697. The van der Waals surface area contributed by atoms with Gasteiger partial charge in [-0.2, -0.15) is 5.26 Å². The summed E-state index contributed by atoms with van der Waals surface area (Å²) in [6, 6.07) is 9.88. The highest BCUT2D eigenvalue weighted by atomic mass is 16.2. The van der Waals surface area contributed by atoms with Crippen molar-refractivity contribution in [2.24, 2.45) is 5.92 Å². The fraction of sp³-hybridized carbons (Fsp3) is 0.529. The lowest BCUT2D eigenvalue weighted by Crippen LogP contribution is -2.46. The van der Waals surface area contributed by atoms with Crippen LogP contribution in [0.25, 0.3) is 0 Å². The number of carbonyl (C=O) groups is 1. The third kappa shape index (κ3) is 4.57. The van der Waals surface area contributed by atoms with Crippen LogP contribution in [0, 0.1) is 17.2 Å². The number of rotatable bonds is 4. The van der Waals surface area contributed by atoms with Crippen molar-refractivity contribution < 1.29 is 4.79 Å². The van der Waals surface area contributed by atoms with Crippen molar-refractivity contribution in [2.75, 3.05) is 13.1 Å². The molecule has 0 saturated carbocycles. The van der Waals surface area contributed by atoms with Gasteiger partial charge in [0, 0.05) is 19.1 Å². The fourth-order valence-electron chi connectivity index (χ4n) is 2.74. The maximum Gasteiger partial charge on any atom is 0.234 e. The molecule has 1 N–H and O–H groups in total. The summed E-state index contributed by atoms with van der Waals surface area (Å²) in [5, 5.41) is 11.7. The number of hydrogen-bond acceptors (Lipinski definition) is 3. The van der Waals surface area contributed by atoms with Gasteiger partial charge in [0.2, 0.25) is 5.91 Å². The van der Waals surface area contributed by atoms with Gasteiger partial charge in [-0.05, 0) is 43.4 Å². The molecule has 2 unspecified atom stereocenters. The number of hydrogen-bond donors (Lipinski definition) is 1. The minimum atomic E-state index is 0.0697. The van der Waals surface area contributed by atoms with Crippen molar-refractivity contribution in [3.8, 4) is 6.07 Å². The number of nitrogens with one attached hydrogen (secondary N) is 1. The summed E-state index contributed by atoms with van der Waals surface area (Å²) in [4.78, 5) is 14.3. The van der Waals surface area contributed by atoms with Gasteiger partial charge in [0.05, 0.1) is 18.2 Å². The maximum atomic E-state index is 12.1. The van der Waals surface area contributed by atoms with Crippen LogP contribution in [0.5, 0.6) is 0 Å². The first kappa shape index (κ1) is 15.5. The van der Waals surface area contributed by atoms with Crippen LogP contribution in [-0.4, -0.2) is 29.9 Å². The third-order valence-corrected chi connectivity index (χ3v) is 4.17. The van der Waals surface area contributed by atoms with E-state index < -0.39 is 0 Å². The van der Waals surface area contributed by atoms with E-state index in [1.807, 2.05) is 12.1 Å². The Kier molecular flexibility index (Phi) is 5.35. The highest BCUT2D eigenvalue weighted by molar-refractivity contribution is 5.78. The van der Waals surface area contributed by atoms with Crippen molar-refractivity contribution in [2.45, 2.75) is 39.3 Å². The van der Waals surface area contributed by atoms with Gasteiger partial charge in [-0.1, -0.05) is 19.1 Å². The monoisotopic (exact) mass is 285 g/mol. The molecule has 0 aromatic heterocycles. The van der Waals surface area contributed by atoms with E-state index in [-0.39, 0.29) is 5.91 Å². The predicted molar refractivity (Wildman–Crippen MR) is 82.4 cm³/mol. The summed E-state index contributed by atoms with van der Waals surface area (Å²) in [7, 11) is 0. The minimum Gasteiger partial charge on any atom is -0.351 e. The molecular formula is C17H23N3O. The lowest BCUT2D eigenvalue weighted by molar-refractivity contribution is -0.123. The van der Waals surface area contributed by atoms with Crippen molar-refractivity contribution in [1.82, 2.24) is 10.2 Å². The van der Waals surface area contributed by atoms with Crippen LogP contribution in [-0.2, 0) is 11.3 Å². The zero-order valence-electron chi connectivity index (χ0n) is 12.8. The smallest absolute Gasteiger partial charge is 0.234 e. The number of nitriles is 1. The van der Waals surface area contributed by atoms with E-state index in [1.54, 1.807) is 12.1 Å². The molecule has 1 aliphatic rings. The van der Waals surface area contributed by atoms with Gasteiger partial charge in [0.1, 0.15) is 0 Å². The average molecular weight is 285 g/mol. The number of piperidine rings is 1. The standard InChI is InChI=1S/C17H23N3O/c1-13-3-4-14(2)20(11-13)12-17(21)19-10-16-7-5-15(9-18)6-8-16/h5-8,13-14H,3-4,10-12H2,1-2H3,(H,19,21). The molecule has 4 nitrogen and oxygen atoms in total. The van der Waals surface area contributed by atoms with Gasteiger partial charge < -0.3 is 5.32 Å². The first-order chi connectivity index (χ1) is 10.1. The van der Waals surface area contributed by atoms with Crippen molar-refractivity contribution in [3.63, 3.8) is 0 Å². The summed E-state index contributed by atoms with van der Waals surface area (Å²) in [5.74, 6) is 0.743. The van der Waals surface area contributed by atoms with Gasteiger partial charge >= 0.3 is 0 Å². The Morgan fingerprint density at radius 2 is 2.05 bits per heavy atom. The van der Waals surface area contributed by atoms with Crippen molar-refractivity contribution >= 4 is 5.91 Å². The number of benzene rings is 1. The summed E-state index contributed by atoms with van der Waals surface area (Å²) in [6.45, 7) is 6.43. The van der Waals surface area contributed by atoms with E-state index in [0.717, 1.165) is 12.1 Å². The van der Waals surface area contributed by atoms with Gasteiger partial charge in [-0.25, -0.2) is 0 Å². The first-order valence-electron chi connectivity index (χ1n) is 7.58. The third-order valence-electron chi connectivity index (χ3n) is 4.17. The van der Waals surface area contributed by atoms with Crippen LogP contribution in [0.15, 0.2) is 24.3 Å². The number of amides is 1. The topological polar surface area (TPSA) is 56.1 Å². The highest BCUT2D eigenvalue weighted by Crippen LogP contribution is 2.20. The summed E-state index contributed by atoms with van der Waals surface area (Å²) < 4.78 is 0. The predicted octanol–water partition coefficient (Wildman–Crippen LogP) is 2.29. The molecule has 1 saturated heterocycles.